The molecular weight excluding hydrogens is 503 g/mol. The van der Waals surface area contributed by atoms with Crippen molar-refractivity contribution in [1.29, 1.82) is 0 Å². The topological polar surface area (TPSA) is 113 Å². The van der Waals surface area contributed by atoms with Gasteiger partial charge in [0.15, 0.2) is 28.8 Å². The number of allylic oxidation sites excluding steroid dienone is 1. The van der Waals surface area contributed by atoms with Gasteiger partial charge in [-0.25, -0.2) is 0 Å². The standard InChI is InChI=1S/C28H26O9.Na/c1-32-19-8-5-17(6-9-19)26(29)20(11-16-12-23(33-2)27(35-4)24(13-16)34-3)25(28(30)31)18-7-10-21-22(14-18)37-15-36-21;/h5-10,12-14H,11,15H2,1-4H3,(H,30,31);/q;+1/p-1. The summed E-state index contributed by atoms with van der Waals surface area (Å²) in [6, 6.07) is 14.4. The molecule has 0 bridgehead atoms. The maximum atomic E-state index is 13.8. The number of ether oxygens (including phenoxy) is 6. The predicted molar refractivity (Wildman–Crippen MR) is 132 cm³/mol. The van der Waals surface area contributed by atoms with E-state index in [4.69, 9.17) is 28.4 Å². The van der Waals surface area contributed by atoms with Crippen molar-refractivity contribution in [2.24, 2.45) is 0 Å². The number of carboxylic acids is 1. The Labute approximate surface area is 242 Å². The summed E-state index contributed by atoms with van der Waals surface area (Å²) in [5.74, 6) is 0.516. The van der Waals surface area contributed by atoms with Crippen LogP contribution in [0.2, 0.25) is 0 Å². The Morgan fingerprint density at radius 3 is 1.95 bits per heavy atom. The molecule has 0 fully saturated rings. The van der Waals surface area contributed by atoms with E-state index in [1.165, 1.54) is 34.5 Å². The molecule has 1 aliphatic rings. The Balaban J connectivity index is 0.00000400. The Kier molecular flexibility index (Phi) is 9.68. The minimum Gasteiger partial charge on any atom is -0.545 e. The number of hydrogen-bond acceptors (Lipinski definition) is 9. The molecule has 38 heavy (non-hydrogen) atoms. The molecule has 9 nitrogen and oxygen atoms in total. The van der Waals surface area contributed by atoms with Gasteiger partial charge in [-0.15, -0.1) is 0 Å². The van der Waals surface area contributed by atoms with Gasteiger partial charge in [-0.1, -0.05) is 6.07 Å². The number of benzene rings is 3. The van der Waals surface area contributed by atoms with Gasteiger partial charge in [0, 0.05) is 23.1 Å². The van der Waals surface area contributed by atoms with Gasteiger partial charge in [0.2, 0.25) is 12.5 Å². The second-order valence-corrected chi connectivity index (χ2v) is 7.98. The molecule has 3 aromatic carbocycles. The number of fused-ring (bicyclic) bond motifs is 1. The first kappa shape index (κ1) is 28.9. The van der Waals surface area contributed by atoms with Crippen LogP contribution in [0.3, 0.4) is 0 Å². The number of hydrogen-bond donors (Lipinski definition) is 0. The summed E-state index contributed by atoms with van der Waals surface area (Å²) in [7, 11) is 5.94. The number of rotatable bonds is 10. The number of Topliss-reactive ketones (excluding diaryl/α,β-unsaturated/α-hetero) is 1. The molecule has 0 saturated heterocycles. The van der Waals surface area contributed by atoms with Crippen LogP contribution < -0.4 is 63.1 Å². The quantitative estimate of drug-likeness (QED) is 0.205. The number of carbonyl (C=O) groups excluding carboxylic acids is 2. The summed E-state index contributed by atoms with van der Waals surface area (Å²) in [6.07, 6.45) is -0.0701. The molecule has 192 valence electrons. The predicted octanol–water partition coefficient (Wildman–Crippen LogP) is 0.0828. The molecule has 0 aliphatic carbocycles. The van der Waals surface area contributed by atoms with Crippen LogP contribution in [0.5, 0.6) is 34.5 Å². The smallest absolute Gasteiger partial charge is 0.545 e. The first-order chi connectivity index (χ1) is 17.9. The normalized spacial score (nSPS) is 12.1. The van der Waals surface area contributed by atoms with E-state index < -0.39 is 11.8 Å². The van der Waals surface area contributed by atoms with E-state index in [9.17, 15) is 14.7 Å². The number of carbonyl (C=O) groups is 2. The first-order valence-corrected chi connectivity index (χ1v) is 11.2. The number of methoxy groups -OCH3 is 4. The summed E-state index contributed by atoms with van der Waals surface area (Å²) in [5.41, 5.74) is 0.813. The Morgan fingerprint density at radius 1 is 0.789 bits per heavy atom. The van der Waals surface area contributed by atoms with Gasteiger partial charge in [0.05, 0.1) is 34.4 Å². The minimum absolute atomic E-state index is 0. The molecule has 0 amide bonds. The van der Waals surface area contributed by atoms with E-state index in [0.717, 1.165) is 0 Å². The molecule has 4 rings (SSSR count). The van der Waals surface area contributed by atoms with E-state index in [0.29, 0.717) is 40.1 Å². The van der Waals surface area contributed by atoms with Crippen molar-refractivity contribution >= 4 is 17.3 Å². The molecule has 0 radical (unpaired) electrons. The van der Waals surface area contributed by atoms with Gasteiger partial charge < -0.3 is 38.3 Å². The fraction of sp³-hybridized carbons (Fsp3) is 0.214. The summed E-state index contributed by atoms with van der Waals surface area (Å²) < 4.78 is 32.2. The fourth-order valence-electron chi connectivity index (χ4n) is 4.11. The van der Waals surface area contributed by atoms with Gasteiger partial charge in [-0.2, -0.15) is 0 Å². The Morgan fingerprint density at radius 2 is 1.39 bits per heavy atom. The fourth-order valence-corrected chi connectivity index (χ4v) is 4.11. The molecule has 1 aliphatic heterocycles. The van der Waals surface area contributed by atoms with Gasteiger partial charge in [-0.3, -0.25) is 4.79 Å². The van der Waals surface area contributed by atoms with Crippen LogP contribution in [0, 0.1) is 0 Å². The van der Waals surface area contributed by atoms with Crippen molar-refractivity contribution in [3.63, 3.8) is 0 Å². The molecule has 0 N–H and O–H groups in total. The monoisotopic (exact) mass is 528 g/mol. The molecule has 0 unspecified atom stereocenters. The Hall–Kier alpha value is -3.66. The van der Waals surface area contributed by atoms with Gasteiger partial charge in [0.1, 0.15) is 5.75 Å². The second kappa shape index (κ2) is 12.7. The summed E-state index contributed by atoms with van der Waals surface area (Å²) in [4.78, 5) is 26.3. The van der Waals surface area contributed by atoms with E-state index in [1.807, 2.05) is 0 Å². The van der Waals surface area contributed by atoms with E-state index in [1.54, 1.807) is 48.5 Å². The van der Waals surface area contributed by atoms with Crippen LogP contribution in [0.25, 0.3) is 5.57 Å². The summed E-state index contributed by atoms with van der Waals surface area (Å²) in [5, 5.41) is 12.5. The summed E-state index contributed by atoms with van der Waals surface area (Å²) in [6.45, 7) is 0.0201. The Bertz CT molecular complexity index is 1340. The second-order valence-electron chi connectivity index (χ2n) is 7.98. The van der Waals surface area contributed by atoms with Crippen molar-refractivity contribution < 1.29 is 72.7 Å². The maximum absolute atomic E-state index is 13.8. The van der Waals surface area contributed by atoms with Crippen molar-refractivity contribution in [1.82, 2.24) is 0 Å². The molecule has 3 aromatic rings. The molecule has 10 heteroatoms. The average molecular weight is 528 g/mol. The van der Waals surface area contributed by atoms with Crippen molar-refractivity contribution in [3.05, 3.63) is 76.9 Å². The largest absolute Gasteiger partial charge is 1.00 e. The third-order valence-corrected chi connectivity index (χ3v) is 5.90. The third-order valence-electron chi connectivity index (χ3n) is 5.90. The van der Waals surface area contributed by atoms with Crippen LogP contribution in [-0.2, 0) is 11.2 Å². The van der Waals surface area contributed by atoms with E-state index >= 15 is 0 Å². The van der Waals surface area contributed by atoms with Crippen LogP contribution in [-0.4, -0.2) is 47.0 Å². The van der Waals surface area contributed by atoms with Crippen LogP contribution in [0.15, 0.2) is 60.2 Å². The number of aliphatic carboxylic acids is 1. The average Bonchev–Trinajstić information content (AvgIpc) is 3.39. The molecule has 1 heterocycles. The maximum Gasteiger partial charge on any atom is 1.00 e. The molecule has 0 aromatic heterocycles. The minimum atomic E-state index is -1.51. The van der Waals surface area contributed by atoms with Gasteiger partial charge >= 0.3 is 29.6 Å². The van der Waals surface area contributed by atoms with Crippen LogP contribution >= 0.6 is 0 Å². The number of carboxylic acid groups (broad SMARTS) is 1. The zero-order valence-corrected chi connectivity index (χ0v) is 23.8. The molecule has 0 saturated carbocycles. The van der Waals surface area contributed by atoms with Gasteiger partial charge in [-0.05, 0) is 59.7 Å². The van der Waals surface area contributed by atoms with Crippen molar-refractivity contribution in [3.8, 4) is 34.5 Å². The first-order valence-electron chi connectivity index (χ1n) is 11.2. The summed E-state index contributed by atoms with van der Waals surface area (Å²) >= 11 is 0. The van der Waals surface area contributed by atoms with Crippen molar-refractivity contribution in [2.75, 3.05) is 35.2 Å². The van der Waals surface area contributed by atoms with Crippen LogP contribution in [0.1, 0.15) is 21.5 Å². The molecule has 0 spiro atoms. The zero-order chi connectivity index (χ0) is 26.5. The third kappa shape index (κ3) is 5.91. The SMILES string of the molecule is COc1ccc(C(=O)C(Cc2cc(OC)c(OC)c(OC)c2)=C(C(=O)[O-])c2ccc3c(c2)OCO3)cc1.[Na+]. The zero-order valence-electron chi connectivity index (χ0n) is 21.8. The number of ketones is 1. The van der Waals surface area contributed by atoms with E-state index in [-0.39, 0.29) is 65.0 Å². The molecular formula is C28H25NaO9. The molecule has 0 atom stereocenters. The van der Waals surface area contributed by atoms with Crippen LogP contribution in [0.4, 0.5) is 0 Å². The van der Waals surface area contributed by atoms with Gasteiger partial charge in [0.25, 0.3) is 0 Å². The van der Waals surface area contributed by atoms with Crippen molar-refractivity contribution in [2.45, 2.75) is 6.42 Å². The van der Waals surface area contributed by atoms with E-state index in [2.05, 4.69) is 0 Å².